The highest BCUT2D eigenvalue weighted by atomic mass is 79.9. The number of hydrogen-bond acceptors (Lipinski definition) is 1. The first kappa shape index (κ1) is 11.7. The summed E-state index contributed by atoms with van der Waals surface area (Å²) in [7, 11) is 2.10. The van der Waals surface area contributed by atoms with Crippen molar-refractivity contribution in [1.29, 1.82) is 0 Å². The van der Waals surface area contributed by atoms with Gasteiger partial charge in [0.05, 0.1) is 0 Å². The van der Waals surface area contributed by atoms with E-state index in [1.165, 1.54) is 21.1 Å². The number of fused-ring (bicyclic) bond motifs is 1. The average Bonchev–Trinajstić information content (AvgIpc) is 2.53. The van der Waals surface area contributed by atoms with E-state index in [0.29, 0.717) is 6.54 Å². The van der Waals surface area contributed by atoms with Crippen LogP contribution >= 0.6 is 15.9 Å². The molecule has 0 saturated carbocycles. The lowest BCUT2D eigenvalue weighted by Crippen LogP contribution is -2.30. The van der Waals surface area contributed by atoms with Gasteiger partial charge in [-0.3, -0.25) is 0 Å². The van der Waals surface area contributed by atoms with Gasteiger partial charge in [0, 0.05) is 40.1 Å². The quantitative estimate of drug-likeness (QED) is 0.900. The van der Waals surface area contributed by atoms with Gasteiger partial charge < -0.3 is 10.3 Å². The third-order valence-electron chi connectivity index (χ3n) is 3.20. The molecule has 0 aliphatic carbocycles. The molecule has 0 aliphatic rings. The molecule has 2 aromatic rings. The van der Waals surface area contributed by atoms with Gasteiger partial charge >= 0.3 is 0 Å². The summed E-state index contributed by atoms with van der Waals surface area (Å²) in [6.45, 7) is 4.98. The predicted molar refractivity (Wildman–Crippen MR) is 72.7 cm³/mol. The van der Waals surface area contributed by atoms with E-state index in [4.69, 9.17) is 5.73 Å². The minimum absolute atomic E-state index is 0.0212. The lowest BCUT2D eigenvalue weighted by molar-refractivity contribution is 0.502. The van der Waals surface area contributed by atoms with E-state index in [1.54, 1.807) is 0 Å². The number of aromatic nitrogens is 1. The molecule has 2 rings (SSSR count). The molecule has 2 N–H and O–H groups in total. The van der Waals surface area contributed by atoms with Crippen molar-refractivity contribution in [3.63, 3.8) is 0 Å². The van der Waals surface area contributed by atoms with E-state index in [1.807, 2.05) is 0 Å². The molecule has 16 heavy (non-hydrogen) atoms. The highest BCUT2D eigenvalue weighted by Crippen LogP contribution is 2.36. The molecule has 86 valence electrons. The Kier molecular flexibility index (Phi) is 2.84. The van der Waals surface area contributed by atoms with Crippen molar-refractivity contribution in [2.24, 2.45) is 12.8 Å². The molecule has 0 radical (unpaired) electrons. The van der Waals surface area contributed by atoms with Gasteiger partial charge in [0.25, 0.3) is 0 Å². The average molecular weight is 281 g/mol. The number of nitrogens with zero attached hydrogens (tertiary/aromatic N) is 1. The lowest BCUT2D eigenvalue weighted by Gasteiger charge is -2.24. The van der Waals surface area contributed by atoms with E-state index in [2.05, 4.69) is 65.7 Å². The lowest BCUT2D eigenvalue weighted by atomic mass is 9.89. The minimum atomic E-state index is -0.0212. The fourth-order valence-electron chi connectivity index (χ4n) is 2.19. The number of benzene rings is 1. The molecule has 0 spiro atoms. The van der Waals surface area contributed by atoms with Crippen molar-refractivity contribution < 1.29 is 0 Å². The Morgan fingerprint density at radius 3 is 2.50 bits per heavy atom. The number of rotatable bonds is 2. The van der Waals surface area contributed by atoms with Crippen LogP contribution in [0.4, 0.5) is 0 Å². The Morgan fingerprint density at radius 1 is 1.31 bits per heavy atom. The SMILES string of the molecule is Cn1c(C(C)(C)CN)c(Br)c2ccccc21. The molecule has 0 saturated heterocycles. The van der Waals surface area contributed by atoms with Crippen LogP contribution in [0.15, 0.2) is 28.7 Å². The third kappa shape index (κ3) is 1.59. The van der Waals surface area contributed by atoms with Gasteiger partial charge in [0.15, 0.2) is 0 Å². The molecule has 0 bridgehead atoms. The summed E-state index contributed by atoms with van der Waals surface area (Å²) in [5.41, 5.74) is 8.34. The second-order valence-corrected chi connectivity index (χ2v) is 5.62. The van der Waals surface area contributed by atoms with Crippen LogP contribution < -0.4 is 5.73 Å². The smallest absolute Gasteiger partial charge is 0.0491 e. The first-order valence-corrected chi connectivity index (χ1v) is 6.22. The predicted octanol–water partition coefficient (Wildman–Crippen LogP) is 3.18. The van der Waals surface area contributed by atoms with Crippen LogP contribution in [0.25, 0.3) is 10.9 Å². The van der Waals surface area contributed by atoms with Crippen molar-refractivity contribution in [3.05, 3.63) is 34.4 Å². The topological polar surface area (TPSA) is 30.9 Å². The molecular weight excluding hydrogens is 264 g/mol. The van der Waals surface area contributed by atoms with Crippen molar-refractivity contribution in [2.45, 2.75) is 19.3 Å². The second-order valence-electron chi connectivity index (χ2n) is 4.83. The van der Waals surface area contributed by atoms with E-state index < -0.39 is 0 Å². The van der Waals surface area contributed by atoms with Gasteiger partial charge in [0.2, 0.25) is 0 Å². The van der Waals surface area contributed by atoms with Gasteiger partial charge in [0.1, 0.15) is 0 Å². The third-order valence-corrected chi connectivity index (χ3v) is 4.00. The number of halogens is 1. The molecule has 1 aromatic heterocycles. The summed E-state index contributed by atoms with van der Waals surface area (Å²) >= 11 is 3.70. The number of hydrogen-bond donors (Lipinski definition) is 1. The Balaban J connectivity index is 2.81. The highest BCUT2D eigenvalue weighted by molar-refractivity contribution is 9.10. The number of para-hydroxylation sites is 1. The molecule has 0 fully saturated rings. The van der Waals surface area contributed by atoms with Crippen molar-refractivity contribution in [1.82, 2.24) is 4.57 Å². The van der Waals surface area contributed by atoms with Crippen molar-refractivity contribution in [2.75, 3.05) is 6.54 Å². The van der Waals surface area contributed by atoms with Crippen LogP contribution in [0.3, 0.4) is 0 Å². The molecule has 0 aliphatic heterocycles. The van der Waals surface area contributed by atoms with E-state index in [0.717, 1.165) is 0 Å². The summed E-state index contributed by atoms with van der Waals surface area (Å²) < 4.78 is 3.40. The molecule has 2 nitrogen and oxygen atoms in total. The second kappa shape index (κ2) is 3.90. The van der Waals surface area contributed by atoms with Gasteiger partial charge in [-0.05, 0) is 22.0 Å². The normalized spacial score (nSPS) is 12.3. The molecular formula is C13H17BrN2. The molecule has 3 heteroatoms. The van der Waals surface area contributed by atoms with E-state index in [-0.39, 0.29) is 5.41 Å². The molecule has 1 heterocycles. The molecule has 0 unspecified atom stereocenters. The maximum atomic E-state index is 5.86. The zero-order chi connectivity index (χ0) is 11.9. The molecule has 0 amide bonds. The molecule has 0 atom stereocenters. The fourth-order valence-corrected chi connectivity index (χ4v) is 3.33. The van der Waals surface area contributed by atoms with E-state index >= 15 is 0 Å². The van der Waals surface area contributed by atoms with Crippen molar-refractivity contribution >= 4 is 26.8 Å². The molecule has 1 aromatic carbocycles. The Labute approximate surface area is 105 Å². The van der Waals surface area contributed by atoms with Crippen LogP contribution in [0.5, 0.6) is 0 Å². The van der Waals surface area contributed by atoms with Crippen LogP contribution in [0.2, 0.25) is 0 Å². The standard InChI is InChI=1S/C13H17BrN2/c1-13(2,8-15)12-11(14)9-6-4-5-7-10(9)16(12)3/h4-7H,8,15H2,1-3H3. The van der Waals surface area contributed by atoms with Gasteiger partial charge in [-0.1, -0.05) is 32.0 Å². The first-order chi connectivity index (χ1) is 7.49. The van der Waals surface area contributed by atoms with Gasteiger partial charge in [-0.15, -0.1) is 0 Å². The van der Waals surface area contributed by atoms with Gasteiger partial charge in [-0.25, -0.2) is 0 Å². The number of nitrogens with two attached hydrogens (primary N) is 1. The number of aryl methyl sites for hydroxylation is 1. The van der Waals surface area contributed by atoms with E-state index in [9.17, 15) is 0 Å². The van der Waals surface area contributed by atoms with Crippen LogP contribution in [-0.2, 0) is 12.5 Å². The summed E-state index contributed by atoms with van der Waals surface area (Å²) in [5.74, 6) is 0. The maximum absolute atomic E-state index is 5.86. The van der Waals surface area contributed by atoms with Crippen LogP contribution in [0, 0.1) is 0 Å². The Morgan fingerprint density at radius 2 is 1.94 bits per heavy atom. The minimum Gasteiger partial charge on any atom is -0.346 e. The Bertz CT molecular complexity index is 487. The van der Waals surface area contributed by atoms with Crippen LogP contribution in [-0.4, -0.2) is 11.1 Å². The summed E-state index contributed by atoms with van der Waals surface area (Å²) in [6, 6.07) is 8.39. The maximum Gasteiger partial charge on any atom is 0.0491 e. The fraction of sp³-hybridized carbons (Fsp3) is 0.385. The summed E-state index contributed by atoms with van der Waals surface area (Å²) in [6.07, 6.45) is 0. The van der Waals surface area contributed by atoms with Crippen molar-refractivity contribution in [3.8, 4) is 0 Å². The summed E-state index contributed by atoms with van der Waals surface area (Å²) in [4.78, 5) is 0. The zero-order valence-electron chi connectivity index (χ0n) is 9.92. The Hall–Kier alpha value is -0.800. The monoisotopic (exact) mass is 280 g/mol. The summed E-state index contributed by atoms with van der Waals surface area (Å²) in [5, 5.41) is 1.25. The first-order valence-electron chi connectivity index (χ1n) is 5.42. The van der Waals surface area contributed by atoms with Gasteiger partial charge in [-0.2, -0.15) is 0 Å². The highest BCUT2D eigenvalue weighted by Gasteiger charge is 2.26. The largest absolute Gasteiger partial charge is 0.346 e. The van der Waals surface area contributed by atoms with Crippen LogP contribution in [0.1, 0.15) is 19.5 Å². The zero-order valence-corrected chi connectivity index (χ0v) is 11.5.